The third-order valence-electron chi connectivity index (χ3n) is 3.63. The van der Waals surface area contributed by atoms with Gasteiger partial charge in [0.2, 0.25) is 0 Å². The molecule has 20 heavy (non-hydrogen) atoms. The maximum Gasteiger partial charge on any atom is 0.254 e. The Morgan fingerprint density at radius 1 is 1.15 bits per heavy atom. The number of benzene rings is 1. The molecule has 0 atom stereocenters. The van der Waals surface area contributed by atoms with E-state index in [-0.39, 0.29) is 5.91 Å². The lowest BCUT2D eigenvalue weighted by atomic mass is 10.1. The van der Waals surface area contributed by atoms with Crippen molar-refractivity contribution < 1.29 is 4.79 Å². The molecule has 0 bridgehead atoms. The number of rotatable bonds is 7. The highest BCUT2D eigenvalue weighted by atomic mass is 16.2. The Labute approximate surface area is 123 Å². The summed E-state index contributed by atoms with van der Waals surface area (Å²) in [6.07, 6.45) is 2.01. The van der Waals surface area contributed by atoms with Gasteiger partial charge in [0.05, 0.1) is 0 Å². The van der Waals surface area contributed by atoms with Crippen LogP contribution >= 0.6 is 0 Å². The molecule has 1 rings (SSSR count). The van der Waals surface area contributed by atoms with Crippen LogP contribution < -0.4 is 5.32 Å². The van der Waals surface area contributed by atoms with Gasteiger partial charge in [0, 0.05) is 30.9 Å². The van der Waals surface area contributed by atoms with Crippen molar-refractivity contribution in [1.82, 2.24) is 4.90 Å². The minimum Gasteiger partial charge on any atom is -0.388 e. The van der Waals surface area contributed by atoms with E-state index >= 15 is 0 Å². The summed E-state index contributed by atoms with van der Waals surface area (Å²) in [5.74, 6) is 0.631. The van der Waals surface area contributed by atoms with Crippen molar-refractivity contribution in [3.05, 3.63) is 29.8 Å². The van der Waals surface area contributed by atoms with Crippen LogP contribution in [-0.4, -0.2) is 30.4 Å². The summed E-state index contributed by atoms with van der Waals surface area (Å²) < 4.78 is 0. The lowest BCUT2D eigenvalue weighted by molar-refractivity contribution is 0.0640. The predicted octanol–water partition coefficient (Wildman–Crippen LogP) is 4.02. The number of amides is 1. The molecule has 0 saturated heterocycles. The molecule has 0 aliphatic carbocycles. The molecule has 0 spiro atoms. The number of nitrogens with zero attached hydrogens (tertiary/aromatic N) is 1. The number of anilines is 1. The van der Waals surface area contributed by atoms with E-state index in [9.17, 15) is 4.79 Å². The molecule has 0 aliphatic heterocycles. The standard InChI is InChI=1S/C17H28N2O/c1-6-16(7-2)19(12-13(3)4)17(20)14-8-10-15(18-5)11-9-14/h8-11,13,16,18H,6-7,12H2,1-5H3. The Bertz CT molecular complexity index is 408. The molecule has 1 amide bonds. The molecule has 1 N–H and O–H groups in total. The van der Waals surface area contributed by atoms with Crippen LogP contribution in [0, 0.1) is 5.92 Å². The van der Waals surface area contributed by atoms with Crippen LogP contribution in [0.1, 0.15) is 50.9 Å². The van der Waals surface area contributed by atoms with Gasteiger partial charge in [0.1, 0.15) is 0 Å². The van der Waals surface area contributed by atoms with E-state index in [0.29, 0.717) is 12.0 Å². The van der Waals surface area contributed by atoms with Crippen LogP contribution in [0.15, 0.2) is 24.3 Å². The topological polar surface area (TPSA) is 32.3 Å². The first-order valence-corrected chi connectivity index (χ1v) is 7.62. The van der Waals surface area contributed by atoms with Crippen molar-refractivity contribution in [2.24, 2.45) is 5.92 Å². The molecule has 3 nitrogen and oxygen atoms in total. The second kappa shape index (κ2) is 7.93. The van der Waals surface area contributed by atoms with Gasteiger partial charge in [0.15, 0.2) is 0 Å². The first-order valence-electron chi connectivity index (χ1n) is 7.62. The van der Waals surface area contributed by atoms with E-state index in [1.54, 1.807) is 0 Å². The van der Waals surface area contributed by atoms with Crippen molar-refractivity contribution in [1.29, 1.82) is 0 Å². The summed E-state index contributed by atoms with van der Waals surface area (Å²) in [7, 11) is 1.88. The zero-order valence-electron chi connectivity index (χ0n) is 13.4. The first kappa shape index (κ1) is 16.5. The van der Waals surface area contributed by atoms with E-state index in [0.717, 1.165) is 30.6 Å². The highest BCUT2D eigenvalue weighted by Gasteiger charge is 2.22. The van der Waals surface area contributed by atoms with Crippen molar-refractivity contribution in [3.8, 4) is 0 Å². The van der Waals surface area contributed by atoms with Gasteiger partial charge in [-0.05, 0) is 43.0 Å². The molecule has 3 heteroatoms. The zero-order valence-corrected chi connectivity index (χ0v) is 13.4. The van der Waals surface area contributed by atoms with Crippen LogP contribution in [0.4, 0.5) is 5.69 Å². The van der Waals surface area contributed by atoms with E-state index in [1.807, 2.05) is 36.2 Å². The van der Waals surface area contributed by atoms with Gasteiger partial charge in [0.25, 0.3) is 5.91 Å². The monoisotopic (exact) mass is 276 g/mol. The fraction of sp³-hybridized carbons (Fsp3) is 0.588. The Morgan fingerprint density at radius 2 is 1.70 bits per heavy atom. The number of hydrogen-bond donors (Lipinski definition) is 1. The van der Waals surface area contributed by atoms with Crippen molar-refractivity contribution in [3.63, 3.8) is 0 Å². The van der Waals surface area contributed by atoms with Gasteiger partial charge in [-0.25, -0.2) is 0 Å². The average molecular weight is 276 g/mol. The van der Waals surface area contributed by atoms with Crippen molar-refractivity contribution in [2.45, 2.75) is 46.6 Å². The summed E-state index contributed by atoms with van der Waals surface area (Å²) in [4.78, 5) is 14.8. The Morgan fingerprint density at radius 3 is 2.10 bits per heavy atom. The second-order valence-corrected chi connectivity index (χ2v) is 5.65. The molecular formula is C17H28N2O. The largest absolute Gasteiger partial charge is 0.388 e. The second-order valence-electron chi connectivity index (χ2n) is 5.65. The highest BCUT2D eigenvalue weighted by molar-refractivity contribution is 5.94. The van der Waals surface area contributed by atoms with Crippen LogP contribution in [0.25, 0.3) is 0 Å². The molecule has 0 saturated carbocycles. The minimum atomic E-state index is 0.148. The van der Waals surface area contributed by atoms with Crippen LogP contribution in [0.2, 0.25) is 0 Å². The highest BCUT2D eigenvalue weighted by Crippen LogP contribution is 2.17. The Balaban J connectivity index is 2.95. The molecule has 0 heterocycles. The molecule has 112 valence electrons. The summed E-state index contributed by atoms with van der Waals surface area (Å²) in [6, 6.07) is 8.05. The fourth-order valence-corrected chi connectivity index (χ4v) is 2.47. The zero-order chi connectivity index (χ0) is 15.1. The van der Waals surface area contributed by atoms with Gasteiger partial charge < -0.3 is 10.2 Å². The number of carbonyl (C=O) groups is 1. The lowest BCUT2D eigenvalue weighted by Gasteiger charge is -2.32. The summed E-state index contributed by atoms with van der Waals surface area (Å²) in [6.45, 7) is 9.44. The third-order valence-corrected chi connectivity index (χ3v) is 3.63. The van der Waals surface area contributed by atoms with Crippen LogP contribution in [0.3, 0.4) is 0 Å². The molecule has 0 fully saturated rings. The minimum absolute atomic E-state index is 0.148. The molecule has 0 aromatic heterocycles. The molecular weight excluding hydrogens is 248 g/mol. The van der Waals surface area contributed by atoms with E-state index < -0.39 is 0 Å². The molecule has 0 unspecified atom stereocenters. The predicted molar refractivity (Wildman–Crippen MR) is 86.2 cm³/mol. The lowest BCUT2D eigenvalue weighted by Crippen LogP contribution is -2.42. The number of hydrogen-bond acceptors (Lipinski definition) is 2. The Kier molecular flexibility index (Phi) is 6.56. The molecule has 0 aliphatic rings. The van der Waals surface area contributed by atoms with E-state index in [2.05, 4.69) is 33.0 Å². The normalized spacial score (nSPS) is 10.9. The van der Waals surface area contributed by atoms with Gasteiger partial charge >= 0.3 is 0 Å². The van der Waals surface area contributed by atoms with Crippen LogP contribution in [-0.2, 0) is 0 Å². The number of carbonyl (C=O) groups excluding carboxylic acids is 1. The van der Waals surface area contributed by atoms with Gasteiger partial charge in [-0.3, -0.25) is 4.79 Å². The van der Waals surface area contributed by atoms with Gasteiger partial charge in [-0.1, -0.05) is 27.7 Å². The summed E-state index contributed by atoms with van der Waals surface area (Å²) in [5.41, 5.74) is 1.80. The fourth-order valence-electron chi connectivity index (χ4n) is 2.47. The third kappa shape index (κ3) is 4.26. The first-order chi connectivity index (χ1) is 9.53. The SMILES string of the molecule is CCC(CC)N(CC(C)C)C(=O)c1ccc(NC)cc1. The maximum absolute atomic E-state index is 12.7. The van der Waals surface area contributed by atoms with E-state index in [1.165, 1.54) is 0 Å². The van der Waals surface area contributed by atoms with Gasteiger partial charge in [-0.2, -0.15) is 0 Å². The van der Waals surface area contributed by atoms with E-state index in [4.69, 9.17) is 0 Å². The molecule has 0 radical (unpaired) electrons. The van der Waals surface area contributed by atoms with Gasteiger partial charge in [-0.15, -0.1) is 0 Å². The number of nitrogens with one attached hydrogen (secondary N) is 1. The van der Waals surface area contributed by atoms with Crippen LogP contribution in [0.5, 0.6) is 0 Å². The maximum atomic E-state index is 12.7. The summed E-state index contributed by atoms with van der Waals surface area (Å²) in [5, 5.41) is 3.07. The smallest absolute Gasteiger partial charge is 0.254 e. The quantitative estimate of drug-likeness (QED) is 0.816. The van der Waals surface area contributed by atoms with Crippen molar-refractivity contribution in [2.75, 3.05) is 18.9 Å². The molecule has 1 aromatic carbocycles. The Hall–Kier alpha value is -1.51. The summed E-state index contributed by atoms with van der Waals surface area (Å²) >= 11 is 0. The average Bonchev–Trinajstić information content (AvgIpc) is 2.46. The van der Waals surface area contributed by atoms with Crippen molar-refractivity contribution >= 4 is 11.6 Å². The molecule has 1 aromatic rings.